The molecule has 0 unspecified atom stereocenters. The molecule has 0 fully saturated rings. The lowest BCUT2D eigenvalue weighted by Crippen LogP contribution is -2.19. The Hall–Kier alpha value is -1.02. The van der Waals surface area contributed by atoms with E-state index in [0.717, 1.165) is 6.29 Å². The number of hydrogen-bond acceptors (Lipinski definition) is 2. The third-order valence-electron chi connectivity index (χ3n) is 1.38. The first-order valence-corrected chi connectivity index (χ1v) is 4.32. The van der Waals surface area contributed by atoms with Crippen LogP contribution in [0.4, 0.5) is 0 Å². The molecular weight excluding hydrogens is 188 g/mol. The Balaban J connectivity index is 2.75. The highest BCUT2D eigenvalue weighted by Crippen LogP contribution is 2.21. The molecule has 1 aromatic carbocycles. The largest absolute Gasteiger partial charge is 0.473 e. The Kier molecular flexibility index (Phi) is 2.94. The lowest BCUT2D eigenvalue weighted by atomic mass is 10.2. The summed E-state index contributed by atoms with van der Waals surface area (Å²) in [6.07, 6.45) is 0.787. The predicted molar refractivity (Wildman–Crippen MR) is 52.4 cm³/mol. The number of halogens is 1. The summed E-state index contributed by atoms with van der Waals surface area (Å²) >= 11 is 5.85. The molecule has 70 valence electrons. The minimum absolute atomic E-state index is 0.625. The van der Waals surface area contributed by atoms with Crippen LogP contribution in [0.1, 0.15) is 24.2 Å². The number of hydrogen-bond donors (Lipinski definition) is 0. The van der Waals surface area contributed by atoms with Crippen LogP contribution in [-0.2, 0) is 0 Å². The number of rotatable bonds is 3. The van der Waals surface area contributed by atoms with Crippen LogP contribution in [0.3, 0.4) is 0 Å². The third-order valence-corrected chi connectivity index (χ3v) is 1.45. The van der Waals surface area contributed by atoms with Crippen LogP contribution in [0.2, 0.25) is 0 Å². The Morgan fingerprint density at radius 2 is 1.85 bits per heavy atom. The molecule has 0 heterocycles. The monoisotopic (exact) mass is 198 g/mol. The Labute approximate surface area is 82.5 Å². The van der Waals surface area contributed by atoms with Gasteiger partial charge < -0.3 is 4.74 Å². The van der Waals surface area contributed by atoms with Crippen molar-refractivity contribution < 1.29 is 9.53 Å². The smallest absolute Gasteiger partial charge is 0.176 e. The Morgan fingerprint density at radius 3 is 2.23 bits per heavy atom. The van der Waals surface area contributed by atoms with Crippen molar-refractivity contribution in [2.24, 2.45) is 0 Å². The fourth-order valence-corrected chi connectivity index (χ4v) is 0.984. The molecule has 0 spiro atoms. The van der Waals surface area contributed by atoms with Crippen molar-refractivity contribution in [3.63, 3.8) is 0 Å². The normalized spacial score (nSPS) is 11.0. The molecule has 0 amide bonds. The van der Waals surface area contributed by atoms with Crippen molar-refractivity contribution in [3.8, 4) is 5.75 Å². The molecule has 2 nitrogen and oxygen atoms in total. The van der Waals surface area contributed by atoms with Crippen LogP contribution in [0, 0.1) is 0 Å². The van der Waals surface area contributed by atoms with Crippen LogP contribution in [-0.4, -0.2) is 11.3 Å². The summed E-state index contributed by atoms with van der Waals surface area (Å²) in [5.74, 6) is 0.658. The van der Waals surface area contributed by atoms with Crippen molar-refractivity contribution in [1.82, 2.24) is 0 Å². The molecule has 0 saturated carbocycles. The van der Waals surface area contributed by atoms with Gasteiger partial charge in [-0.3, -0.25) is 4.79 Å². The number of alkyl halides is 1. The minimum Gasteiger partial charge on any atom is -0.473 e. The molecular formula is C10H11ClO2. The van der Waals surface area contributed by atoms with Gasteiger partial charge in [-0.1, -0.05) is 11.6 Å². The highest BCUT2D eigenvalue weighted by Gasteiger charge is 2.14. The van der Waals surface area contributed by atoms with Crippen molar-refractivity contribution in [2.75, 3.05) is 0 Å². The number of aldehydes is 1. The van der Waals surface area contributed by atoms with Gasteiger partial charge in [-0.2, -0.15) is 0 Å². The van der Waals surface area contributed by atoms with Gasteiger partial charge in [0.15, 0.2) is 5.06 Å². The Morgan fingerprint density at radius 1 is 1.31 bits per heavy atom. The number of carbonyl (C=O) groups is 1. The molecule has 0 N–H and O–H groups in total. The third kappa shape index (κ3) is 3.47. The standard InChI is InChI=1S/C10H11ClO2/c1-10(2,11)13-9-5-3-8(7-12)4-6-9/h3-7H,1-2H3. The summed E-state index contributed by atoms with van der Waals surface area (Å²) in [5.41, 5.74) is 0.625. The van der Waals surface area contributed by atoms with E-state index >= 15 is 0 Å². The Bertz CT molecular complexity index is 285. The summed E-state index contributed by atoms with van der Waals surface area (Å²) in [5, 5.41) is -0.720. The average molecular weight is 199 g/mol. The molecule has 13 heavy (non-hydrogen) atoms. The summed E-state index contributed by atoms with van der Waals surface area (Å²) in [6, 6.07) is 6.80. The zero-order valence-corrected chi connectivity index (χ0v) is 8.34. The summed E-state index contributed by atoms with van der Waals surface area (Å²) in [7, 11) is 0. The van der Waals surface area contributed by atoms with E-state index in [-0.39, 0.29) is 0 Å². The first-order chi connectivity index (χ1) is 6.01. The first-order valence-electron chi connectivity index (χ1n) is 3.94. The molecule has 0 bridgehead atoms. The molecule has 0 atom stereocenters. The zero-order valence-electron chi connectivity index (χ0n) is 7.58. The molecule has 0 aromatic heterocycles. The summed E-state index contributed by atoms with van der Waals surface area (Å²) in [6.45, 7) is 3.50. The molecule has 0 aliphatic carbocycles. The summed E-state index contributed by atoms with van der Waals surface area (Å²) in [4.78, 5) is 10.3. The van der Waals surface area contributed by atoms with Gasteiger partial charge in [-0.25, -0.2) is 0 Å². The first kappa shape index (κ1) is 10.1. The van der Waals surface area contributed by atoms with Crippen LogP contribution in [0.5, 0.6) is 5.75 Å². The number of benzene rings is 1. The number of carbonyl (C=O) groups excluding carboxylic acids is 1. The maximum Gasteiger partial charge on any atom is 0.176 e. The van der Waals surface area contributed by atoms with E-state index in [1.807, 2.05) is 0 Å². The SMILES string of the molecule is CC(C)(Cl)Oc1ccc(C=O)cc1. The fraction of sp³-hybridized carbons (Fsp3) is 0.300. The topological polar surface area (TPSA) is 26.3 Å². The van der Waals surface area contributed by atoms with E-state index in [1.54, 1.807) is 38.1 Å². The van der Waals surface area contributed by atoms with E-state index in [0.29, 0.717) is 11.3 Å². The van der Waals surface area contributed by atoms with Gasteiger partial charge in [0.25, 0.3) is 0 Å². The van der Waals surface area contributed by atoms with Crippen molar-refractivity contribution in [3.05, 3.63) is 29.8 Å². The highest BCUT2D eigenvalue weighted by atomic mass is 35.5. The second kappa shape index (κ2) is 3.79. The molecule has 0 radical (unpaired) electrons. The van der Waals surface area contributed by atoms with Gasteiger partial charge in [-0.15, -0.1) is 0 Å². The lowest BCUT2D eigenvalue weighted by molar-refractivity contribution is 0.112. The second-order valence-corrected chi connectivity index (χ2v) is 4.06. The maximum atomic E-state index is 10.3. The van der Waals surface area contributed by atoms with Gasteiger partial charge in [0.2, 0.25) is 0 Å². The molecule has 0 saturated heterocycles. The van der Waals surface area contributed by atoms with E-state index < -0.39 is 5.06 Å². The maximum absolute atomic E-state index is 10.3. The molecule has 1 rings (SSSR count). The average Bonchev–Trinajstić information content (AvgIpc) is 2.03. The van der Waals surface area contributed by atoms with E-state index in [2.05, 4.69) is 0 Å². The molecule has 0 aliphatic rings. The van der Waals surface area contributed by atoms with E-state index in [4.69, 9.17) is 16.3 Å². The second-order valence-electron chi connectivity index (χ2n) is 3.15. The van der Waals surface area contributed by atoms with Crippen LogP contribution < -0.4 is 4.74 Å². The summed E-state index contributed by atoms with van der Waals surface area (Å²) < 4.78 is 5.35. The van der Waals surface area contributed by atoms with E-state index in [9.17, 15) is 4.79 Å². The zero-order chi connectivity index (χ0) is 9.90. The fourth-order valence-electron chi connectivity index (χ4n) is 0.895. The molecule has 3 heteroatoms. The lowest BCUT2D eigenvalue weighted by Gasteiger charge is -2.18. The van der Waals surface area contributed by atoms with Crippen LogP contribution >= 0.6 is 11.6 Å². The van der Waals surface area contributed by atoms with Crippen molar-refractivity contribution in [1.29, 1.82) is 0 Å². The van der Waals surface area contributed by atoms with Crippen molar-refractivity contribution >= 4 is 17.9 Å². The minimum atomic E-state index is -0.720. The predicted octanol–water partition coefficient (Wildman–Crippen LogP) is 2.85. The van der Waals surface area contributed by atoms with Gasteiger partial charge in [0.05, 0.1) is 0 Å². The quantitative estimate of drug-likeness (QED) is 0.552. The van der Waals surface area contributed by atoms with Gasteiger partial charge >= 0.3 is 0 Å². The van der Waals surface area contributed by atoms with Crippen LogP contribution in [0.15, 0.2) is 24.3 Å². The number of ether oxygens (including phenoxy) is 1. The molecule has 1 aromatic rings. The highest BCUT2D eigenvalue weighted by molar-refractivity contribution is 6.22. The molecule has 0 aliphatic heterocycles. The van der Waals surface area contributed by atoms with Crippen molar-refractivity contribution in [2.45, 2.75) is 18.9 Å². The van der Waals surface area contributed by atoms with Crippen LogP contribution in [0.25, 0.3) is 0 Å². The van der Waals surface area contributed by atoms with Gasteiger partial charge in [-0.05, 0) is 38.1 Å². The van der Waals surface area contributed by atoms with Gasteiger partial charge in [0.1, 0.15) is 12.0 Å². The van der Waals surface area contributed by atoms with Gasteiger partial charge in [0, 0.05) is 5.56 Å². The van der Waals surface area contributed by atoms with E-state index in [1.165, 1.54) is 0 Å².